The fraction of sp³-hybridized carbons (Fsp3) is 0.364. The third-order valence-corrected chi connectivity index (χ3v) is 3.24. The zero-order chi connectivity index (χ0) is 10.8. The first-order valence-corrected chi connectivity index (χ1v) is 5.51. The molecule has 1 heterocycles. The van der Waals surface area contributed by atoms with Gasteiger partial charge in [0.2, 0.25) is 0 Å². The van der Waals surface area contributed by atoms with Crippen LogP contribution in [0.4, 0.5) is 0 Å². The summed E-state index contributed by atoms with van der Waals surface area (Å²) < 4.78 is 5.17. The SMILES string of the molecule is O=C(c1ccc(Cl)c(Cl)c1)C1CCOC1. The van der Waals surface area contributed by atoms with Gasteiger partial charge in [-0.25, -0.2) is 0 Å². The summed E-state index contributed by atoms with van der Waals surface area (Å²) in [4.78, 5) is 11.9. The quantitative estimate of drug-likeness (QED) is 0.748. The standard InChI is InChI=1S/C11H10Cl2O2/c12-9-2-1-7(5-10(9)13)11(14)8-3-4-15-6-8/h1-2,5,8H,3-4,6H2. The van der Waals surface area contributed by atoms with Crippen LogP contribution in [-0.4, -0.2) is 19.0 Å². The molecule has 2 rings (SSSR count). The predicted octanol–water partition coefficient (Wildman–Crippen LogP) is 3.21. The van der Waals surface area contributed by atoms with Crippen LogP contribution >= 0.6 is 23.2 Å². The number of hydrogen-bond donors (Lipinski definition) is 0. The second kappa shape index (κ2) is 4.52. The monoisotopic (exact) mass is 244 g/mol. The first-order chi connectivity index (χ1) is 7.18. The van der Waals surface area contributed by atoms with Crippen molar-refractivity contribution >= 4 is 29.0 Å². The van der Waals surface area contributed by atoms with Crippen LogP contribution in [0.15, 0.2) is 18.2 Å². The second-order valence-electron chi connectivity index (χ2n) is 3.55. The Balaban J connectivity index is 2.21. The summed E-state index contributed by atoms with van der Waals surface area (Å²) in [5.74, 6) is 0.0632. The molecule has 15 heavy (non-hydrogen) atoms. The summed E-state index contributed by atoms with van der Waals surface area (Å²) in [6, 6.07) is 4.96. The molecule has 2 nitrogen and oxygen atoms in total. The Labute approximate surface area is 98.1 Å². The van der Waals surface area contributed by atoms with E-state index in [0.717, 1.165) is 6.42 Å². The summed E-state index contributed by atoms with van der Waals surface area (Å²) in [6.07, 6.45) is 0.791. The van der Waals surface area contributed by atoms with Crippen LogP contribution in [0, 0.1) is 5.92 Å². The Bertz CT molecular complexity index is 384. The molecular weight excluding hydrogens is 235 g/mol. The highest BCUT2D eigenvalue weighted by Crippen LogP contribution is 2.25. The van der Waals surface area contributed by atoms with Crippen molar-refractivity contribution in [2.75, 3.05) is 13.2 Å². The molecule has 1 atom stereocenters. The summed E-state index contributed by atoms with van der Waals surface area (Å²) in [5.41, 5.74) is 0.611. The van der Waals surface area contributed by atoms with E-state index in [0.29, 0.717) is 28.8 Å². The van der Waals surface area contributed by atoms with Crippen molar-refractivity contribution in [1.29, 1.82) is 0 Å². The lowest BCUT2D eigenvalue weighted by molar-refractivity contribution is 0.0900. The Morgan fingerprint density at radius 2 is 2.13 bits per heavy atom. The summed E-state index contributed by atoms with van der Waals surface area (Å²) >= 11 is 11.6. The van der Waals surface area contributed by atoms with Crippen molar-refractivity contribution in [2.24, 2.45) is 5.92 Å². The Morgan fingerprint density at radius 1 is 1.33 bits per heavy atom. The highest BCUT2D eigenvalue weighted by Gasteiger charge is 2.24. The van der Waals surface area contributed by atoms with Gasteiger partial charge >= 0.3 is 0 Å². The van der Waals surface area contributed by atoms with E-state index in [4.69, 9.17) is 27.9 Å². The van der Waals surface area contributed by atoms with Crippen LogP contribution in [0.25, 0.3) is 0 Å². The van der Waals surface area contributed by atoms with E-state index in [-0.39, 0.29) is 11.7 Å². The molecule has 4 heteroatoms. The molecule has 0 radical (unpaired) electrons. The maximum absolute atomic E-state index is 11.9. The molecule has 1 unspecified atom stereocenters. The Morgan fingerprint density at radius 3 is 2.73 bits per heavy atom. The van der Waals surface area contributed by atoms with Crippen LogP contribution < -0.4 is 0 Å². The molecule has 0 saturated carbocycles. The van der Waals surface area contributed by atoms with E-state index < -0.39 is 0 Å². The molecule has 80 valence electrons. The fourth-order valence-electron chi connectivity index (χ4n) is 1.63. The molecule has 1 aliphatic heterocycles. The molecule has 1 aliphatic rings. The number of hydrogen-bond acceptors (Lipinski definition) is 2. The summed E-state index contributed by atoms with van der Waals surface area (Å²) in [6.45, 7) is 1.18. The van der Waals surface area contributed by atoms with E-state index in [2.05, 4.69) is 0 Å². The lowest BCUT2D eigenvalue weighted by atomic mass is 9.97. The average molecular weight is 245 g/mol. The van der Waals surface area contributed by atoms with E-state index in [9.17, 15) is 4.79 Å². The molecule has 0 aromatic heterocycles. The maximum Gasteiger partial charge on any atom is 0.168 e. The Kier molecular flexibility index (Phi) is 3.29. The maximum atomic E-state index is 11.9. The summed E-state index contributed by atoms with van der Waals surface area (Å²) in [5, 5.41) is 0.886. The van der Waals surface area contributed by atoms with Crippen molar-refractivity contribution in [3.05, 3.63) is 33.8 Å². The minimum atomic E-state index is -0.0257. The van der Waals surface area contributed by atoms with Crippen LogP contribution in [-0.2, 0) is 4.74 Å². The largest absolute Gasteiger partial charge is 0.381 e. The van der Waals surface area contributed by atoms with Crippen molar-refractivity contribution in [3.8, 4) is 0 Å². The van der Waals surface area contributed by atoms with Crippen molar-refractivity contribution in [2.45, 2.75) is 6.42 Å². The number of carbonyl (C=O) groups excluding carboxylic acids is 1. The summed E-state index contributed by atoms with van der Waals surface area (Å²) in [7, 11) is 0. The van der Waals surface area contributed by atoms with Crippen molar-refractivity contribution < 1.29 is 9.53 Å². The molecule has 0 N–H and O–H groups in total. The number of carbonyl (C=O) groups is 1. The van der Waals surface area contributed by atoms with Gasteiger partial charge in [-0.1, -0.05) is 23.2 Å². The number of ether oxygens (including phenoxy) is 1. The van der Waals surface area contributed by atoms with E-state index in [1.165, 1.54) is 0 Å². The first kappa shape index (κ1) is 10.9. The van der Waals surface area contributed by atoms with Crippen LogP contribution in [0.2, 0.25) is 10.0 Å². The highest BCUT2D eigenvalue weighted by atomic mass is 35.5. The highest BCUT2D eigenvalue weighted by molar-refractivity contribution is 6.42. The topological polar surface area (TPSA) is 26.3 Å². The number of Topliss-reactive ketones (excluding diaryl/α,β-unsaturated/α-hetero) is 1. The molecule has 0 aliphatic carbocycles. The number of ketones is 1. The van der Waals surface area contributed by atoms with E-state index >= 15 is 0 Å². The third-order valence-electron chi connectivity index (χ3n) is 2.50. The molecule has 1 aromatic carbocycles. The minimum Gasteiger partial charge on any atom is -0.381 e. The third kappa shape index (κ3) is 2.33. The molecule has 0 bridgehead atoms. The predicted molar refractivity (Wildman–Crippen MR) is 59.7 cm³/mol. The van der Waals surface area contributed by atoms with Gasteiger partial charge in [0.05, 0.1) is 16.7 Å². The second-order valence-corrected chi connectivity index (χ2v) is 4.37. The van der Waals surface area contributed by atoms with Crippen LogP contribution in [0.3, 0.4) is 0 Å². The van der Waals surface area contributed by atoms with Gasteiger partial charge in [-0.15, -0.1) is 0 Å². The number of rotatable bonds is 2. The normalized spacial score (nSPS) is 20.5. The molecule has 1 fully saturated rings. The first-order valence-electron chi connectivity index (χ1n) is 4.75. The van der Waals surface area contributed by atoms with Gasteiger partial charge in [-0.3, -0.25) is 4.79 Å². The smallest absolute Gasteiger partial charge is 0.168 e. The average Bonchev–Trinajstić information content (AvgIpc) is 2.74. The molecule has 1 saturated heterocycles. The van der Waals surface area contributed by atoms with Crippen molar-refractivity contribution in [1.82, 2.24) is 0 Å². The minimum absolute atomic E-state index is 0.0257. The van der Waals surface area contributed by atoms with Gasteiger partial charge in [0.25, 0.3) is 0 Å². The van der Waals surface area contributed by atoms with Crippen LogP contribution in [0.1, 0.15) is 16.8 Å². The number of halogens is 2. The molecule has 0 spiro atoms. The van der Waals surface area contributed by atoms with Gasteiger partial charge in [0.15, 0.2) is 5.78 Å². The zero-order valence-corrected chi connectivity index (χ0v) is 9.52. The lowest BCUT2D eigenvalue weighted by Gasteiger charge is -2.07. The van der Waals surface area contributed by atoms with Gasteiger partial charge in [0, 0.05) is 18.1 Å². The zero-order valence-electron chi connectivity index (χ0n) is 8.00. The molecular formula is C11H10Cl2O2. The molecule has 1 aromatic rings. The molecule has 0 amide bonds. The fourth-order valence-corrected chi connectivity index (χ4v) is 1.92. The number of benzene rings is 1. The Hall–Kier alpha value is -0.570. The van der Waals surface area contributed by atoms with Gasteiger partial charge < -0.3 is 4.74 Å². The van der Waals surface area contributed by atoms with Gasteiger partial charge in [0.1, 0.15) is 0 Å². The van der Waals surface area contributed by atoms with Gasteiger partial charge in [-0.05, 0) is 24.6 Å². The van der Waals surface area contributed by atoms with Crippen LogP contribution in [0.5, 0.6) is 0 Å². The van der Waals surface area contributed by atoms with Gasteiger partial charge in [-0.2, -0.15) is 0 Å². The van der Waals surface area contributed by atoms with E-state index in [1.54, 1.807) is 18.2 Å². The lowest BCUT2D eigenvalue weighted by Crippen LogP contribution is -2.14. The van der Waals surface area contributed by atoms with E-state index in [1.807, 2.05) is 0 Å². The van der Waals surface area contributed by atoms with Crippen molar-refractivity contribution in [3.63, 3.8) is 0 Å².